The molecular weight excluding hydrogens is 297 g/mol. The fourth-order valence-corrected chi connectivity index (χ4v) is 1.93. The summed E-state index contributed by atoms with van der Waals surface area (Å²) in [4.78, 5) is 22.9. The van der Waals surface area contributed by atoms with E-state index in [1.165, 1.54) is 24.3 Å². The Morgan fingerprint density at radius 1 is 1.04 bits per heavy atom. The smallest absolute Gasteiger partial charge is 0.478 e. The van der Waals surface area contributed by atoms with Gasteiger partial charge in [0.1, 0.15) is 0 Å². The molecule has 0 aliphatic rings. The molecule has 0 fully saturated rings. The molecule has 116 valence electrons. The number of amides is 1. The van der Waals surface area contributed by atoms with E-state index in [4.69, 9.17) is 5.11 Å². The van der Waals surface area contributed by atoms with Gasteiger partial charge in [-0.2, -0.15) is 0 Å². The summed E-state index contributed by atoms with van der Waals surface area (Å²) in [5.41, 5.74) is 1.32. The first-order valence-electron chi connectivity index (χ1n) is 6.75. The lowest BCUT2D eigenvalue weighted by Gasteiger charge is -2.11. The minimum atomic E-state index is -1.69. The summed E-state index contributed by atoms with van der Waals surface area (Å²) < 4.78 is 0. The molecule has 0 unspecified atom stereocenters. The molecule has 7 heteroatoms. The van der Waals surface area contributed by atoms with Gasteiger partial charge in [0.25, 0.3) is 5.91 Å². The van der Waals surface area contributed by atoms with Crippen molar-refractivity contribution in [1.29, 1.82) is 0 Å². The third-order valence-corrected chi connectivity index (χ3v) is 3.07. The maximum Gasteiger partial charge on any atom is 0.488 e. The maximum atomic E-state index is 12.2. The van der Waals surface area contributed by atoms with Gasteiger partial charge < -0.3 is 20.5 Å². The summed E-state index contributed by atoms with van der Waals surface area (Å²) in [6.07, 6.45) is 2.25. The van der Waals surface area contributed by atoms with E-state index in [2.05, 4.69) is 5.32 Å². The summed E-state index contributed by atoms with van der Waals surface area (Å²) in [5.74, 6) is -1.52. The molecule has 1 amide bonds. The first-order valence-corrected chi connectivity index (χ1v) is 6.75. The van der Waals surface area contributed by atoms with Gasteiger partial charge in [0, 0.05) is 17.3 Å². The van der Waals surface area contributed by atoms with Gasteiger partial charge in [-0.1, -0.05) is 30.3 Å². The third kappa shape index (κ3) is 4.54. The standard InChI is InChI=1S/C16H14BNO5/c19-15(20)9-7-11-6-8-13(17(22)23)10-14(11)18-16(21)12-4-2-1-3-5-12/h1-10,22-23H,(H,18,21)(H,19,20)/b9-7+. The Labute approximate surface area is 132 Å². The molecule has 0 spiro atoms. The molecule has 0 aliphatic carbocycles. The Morgan fingerprint density at radius 2 is 1.74 bits per heavy atom. The Kier molecular flexibility index (Phi) is 5.30. The van der Waals surface area contributed by atoms with Crippen LogP contribution < -0.4 is 10.8 Å². The van der Waals surface area contributed by atoms with E-state index < -0.39 is 13.1 Å². The van der Waals surface area contributed by atoms with Crippen molar-refractivity contribution in [3.63, 3.8) is 0 Å². The zero-order valence-corrected chi connectivity index (χ0v) is 12.0. The van der Waals surface area contributed by atoms with E-state index in [1.54, 1.807) is 30.3 Å². The van der Waals surface area contributed by atoms with Crippen molar-refractivity contribution in [3.05, 3.63) is 65.7 Å². The molecule has 0 aliphatic heterocycles. The largest absolute Gasteiger partial charge is 0.488 e. The van der Waals surface area contributed by atoms with Crippen LogP contribution in [0.4, 0.5) is 5.69 Å². The van der Waals surface area contributed by atoms with Crippen molar-refractivity contribution >= 4 is 36.2 Å². The SMILES string of the molecule is O=C(O)/C=C/c1ccc(B(O)O)cc1NC(=O)c1ccccc1. The average Bonchev–Trinajstić information content (AvgIpc) is 2.54. The second kappa shape index (κ2) is 7.39. The van der Waals surface area contributed by atoms with Crippen LogP contribution >= 0.6 is 0 Å². The number of anilines is 1. The van der Waals surface area contributed by atoms with Gasteiger partial charge in [-0.3, -0.25) is 4.79 Å². The number of carboxylic acid groups (broad SMARTS) is 1. The molecule has 23 heavy (non-hydrogen) atoms. The molecule has 0 atom stereocenters. The summed E-state index contributed by atoms with van der Waals surface area (Å²) in [6, 6.07) is 12.8. The fourth-order valence-electron chi connectivity index (χ4n) is 1.93. The normalized spacial score (nSPS) is 10.5. The van der Waals surface area contributed by atoms with Gasteiger partial charge in [0.2, 0.25) is 0 Å². The van der Waals surface area contributed by atoms with E-state index >= 15 is 0 Å². The highest BCUT2D eigenvalue weighted by Gasteiger charge is 2.14. The zero-order chi connectivity index (χ0) is 16.8. The van der Waals surface area contributed by atoms with Crippen LogP contribution in [0.3, 0.4) is 0 Å². The predicted octanol–water partition coefficient (Wildman–Crippen LogP) is 0.717. The molecule has 0 aromatic heterocycles. The number of hydrogen-bond acceptors (Lipinski definition) is 4. The number of carbonyl (C=O) groups is 2. The van der Waals surface area contributed by atoms with Crippen molar-refractivity contribution in [2.75, 3.05) is 5.32 Å². The molecule has 0 saturated carbocycles. The van der Waals surface area contributed by atoms with Crippen LogP contribution in [0.15, 0.2) is 54.6 Å². The van der Waals surface area contributed by atoms with Gasteiger partial charge in [0.05, 0.1) is 0 Å². The summed E-state index contributed by atoms with van der Waals surface area (Å²) in [5, 5.41) is 29.8. The number of rotatable bonds is 5. The van der Waals surface area contributed by atoms with E-state index in [-0.39, 0.29) is 17.1 Å². The van der Waals surface area contributed by atoms with Gasteiger partial charge >= 0.3 is 13.1 Å². The molecule has 6 nitrogen and oxygen atoms in total. The van der Waals surface area contributed by atoms with E-state index in [1.807, 2.05) is 0 Å². The number of aliphatic carboxylic acids is 1. The number of carboxylic acids is 1. The first-order chi connectivity index (χ1) is 11.0. The molecule has 2 rings (SSSR count). The molecule has 2 aromatic carbocycles. The number of hydrogen-bond donors (Lipinski definition) is 4. The topological polar surface area (TPSA) is 107 Å². The van der Waals surface area contributed by atoms with Crippen molar-refractivity contribution in [3.8, 4) is 0 Å². The van der Waals surface area contributed by atoms with Crippen LogP contribution in [0.1, 0.15) is 15.9 Å². The minimum Gasteiger partial charge on any atom is -0.478 e. The summed E-state index contributed by atoms with van der Waals surface area (Å²) >= 11 is 0. The lowest BCUT2D eigenvalue weighted by atomic mass is 9.79. The maximum absolute atomic E-state index is 12.2. The summed E-state index contributed by atoms with van der Waals surface area (Å²) in [7, 11) is -1.69. The van der Waals surface area contributed by atoms with E-state index in [0.717, 1.165) is 6.08 Å². The lowest BCUT2D eigenvalue weighted by Crippen LogP contribution is -2.30. The molecule has 0 saturated heterocycles. The molecule has 0 radical (unpaired) electrons. The van der Waals surface area contributed by atoms with Crippen LogP contribution in [-0.2, 0) is 4.79 Å². The van der Waals surface area contributed by atoms with Crippen molar-refractivity contribution in [2.24, 2.45) is 0 Å². The molecule has 2 aromatic rings. The van der Waals surface area contributed by atoms with Gasteiger partial charge in [0.15, 0.2) is 0 Å². The quantitative estimate of drug-likeness (QED) is 0.481. The Balaban J connectivity index is 2.35. The lowest BCUT2D eigenvalue weighted by molar-refractivity contribution is -0.131. The summed E-state index contributed by atoms with van der Waals surface area (Å²) in [6.45, 7) is 0. The molecule has 4 N–H and O–H groups in total. The van der Waals surface area contributed by atoms with Crippen LogP contribution in [0.5, 0.6) is 0 Å². The Morgan fingerprint density at radius 3 is 2.35 bits per heavy atom. The second-order valence-electron chi connectivity index (χ2n) is 4.71. The first kappa shape index (κ1) is 16.5. The van der Waals surface area contributed by atoms with Gasteiger partial charge in [-0.15, -0.1) is 0 Å². The monoisotopic (exact) mass is 311 g/mol. The number of carbonyl (C=O) groups excluding carboxylic acids is 1. The van der Waals surface area contributed by atoms with Gasteiger partial charge in [-0.05, 0) is 35.3 Å². The van der Waals surface area contributed by atoms with E-state index in [9.17, 15) is 19.6 Å². The van der Waals surface area contributed by atoms with Gasteiger partial charge in [-0.25, -0.2) is 4.79 Å². The van der Waals surface area contributed by atoms with Crippen molar-refractivity contribution in [2.45, 2.75) is 0 Å². The zero-order valence-electron chi connectivity index (χ0n) is 12.0. The van der Waals surface area contributed by atoms with Crippen molar-refractivity contribution < 1.29 is 24.7 Å². The molecular formula is C16H14BNO5. The average molecular weight is 311 g/mol. The van der Waals surface area contributed by atoms with Crippen LogP contribution in [-0.4, -0.2) is 34.1 Å². The number of nitrogens with one attached hydrogen (secondary N) is 1. The van der Waals surface area contributed by atoms with Crippen LogP contribution in [0.2, 0.25) is 0 Å². The third-order valence-electron chi connectivity index (χ3n) is 3.07. The van der Waals surface area contributed by atoms with Crippen LogP contribution in [0.25, 0.3) is 6.08 Å². The van der Waals surface area contributed by atoms with Crippen molar-refractivity contribution in [1.82, 2.24) is 0 Å². The highest BCUT2D eigenvalue weighted by molar-refractivity contribution is 6.58. The Hall–Kier alpha value is -2.90. The highest BCUT2D eigenvalue weighted by Crippen LogP contribution is 2.17. The highest BCUT2D eigenvalue weighted by atomic mass is 16.4. The van der Waals surface area contributed by atoms with Crippen LogP contribution in [0, 0.1) is 0 Å². The molecule has 0 bridgehead atoms. The number of benzene rings is 2. The fraction of sp³-hybridized carbons (Fsp3) is 0. The predicted molar refractivity (Wildman–Crippen MR) is 87.3 cm³/mol. The molecule has 0 heterocycles. The minimum absolute atomic E-state index is 0.181. The second-order valence-corrected chi connectivity index (χ2v) is 4.71. The van der Waals surface area contributed by atoms with E-state index in [0.29, 0.717) is 11.1 Å². The Bertz CT molecular complexity index is 743.